The standard InChI is InChI=1S/C17H14F6N2O3S/c1-29(27,28)25(12-6-4-5-11(9-12)16(18,19)20)10-15(26)24-14-8-3-2-7-13(14)17(21,22)23/h2-9H,10H2,1H3,(H,24,26). The van der Waals surface area contributed by atoms with E-state index in [2.05, 4.69) is 0 Å². The van der Waals surface area contributed by atoms with Crippen molar-refractivity contribution in [1.29, 1.82) is 0 Å². The summed E-state index contributed by atoms with van der Waals surface area (Å²) in [5.74, 6) is -1.16. The van der Waals surface area contributed by atoms with Crippen LogP contribution < -0.4 is 9.62 Å². The van der Waals surface area contributed by atoms with Crippen molar-refractivity contribution in [2.75, 3.05) is 22.4 Å². The van der Waals surface area contributed by atoms with Gasteiger partial charge in [0, 0.05) is 0 Å². The number of anilines is 2. The summed E-state index contributed by atoms with van der Waals surface area (Å²) in [4.78, 5) is 12.2. The van der Waals surface area contributed by atoms with Crippen LogP contribution >= 0.6 is 0 Å². The van der Waals surface area contributed by atoms with Crippen LogP contribution in [0.2, 0.25) is 0 Å². The lowest BCUT2D eigenvalue weighted by Gasteiger charge is -2.23. The number of halogens is 6. The normalized spacial score (nSPS) is 12.5. The van der Waals surface area contributed by atoms with E-state index in [1.807, 2.05) is 5.32 Å². The highest BCUT2D eigenvalue weighted by molar-refractivity contribution is 7.92. The quantitative estimate of drug-likeness (QED) is 0.712. The van der Waals surface area contributed by atoms with Crippen LogP contribution in [0.4, 0.5) is 37.7 Å². The minimum Gasteiger partial charge on any atom is -0.324 e. The Morgan fingerprint density at radius 1 is 0.966 bits per heavy atom. The minimum absolute atomic E-state index is 0.369. The molecular formula is C17H14F6N2O3S. The van der Waals surface area contributed by atoms with E-state index in [0.29, 0.717) is 22.7 Å². The van der Waals surface area contributed by atoms with Gasteiger partial charge in [-0.25, -0.2) is 8.42 Å². The van der Waals surface area contributed by atoms with Crippen molar-refractivity contribution in [2.45, 2.75) is 12.4 Å². The molecule has 0 radical (unpaired) electrons. The topological polar surface area (TPSA) is 66.5 Å². The molecule has 29 heavy (non-hydrogen) atoms. The molecule has 0 saturated carbocycles. The van der Waals surface area contributed by atoms with Gasteiger partial charge in [0.2, 0.25) is 15.9 Å². The maximum Gasteiger partial charge on any atom is 0.418 e. The van der Waals surface area contributed by atoms with Gasteiger partial charge in [-0.15, -0.1) is 0 Å². The fourth-order valence-electron chi connectivity index (χ4n) is 2.40. The number of rotatable bonds is 5. The second-order valence-corrected chi connectivity index (χ2v) is 7.82. The van der Waals surface area contributed by atoms with Crippen molar-refractivity contribution < 1.29 is 39.6 Å². The van der Waals surface area contributed by atoms with Crippen LogP contribution in [0.5, 0.6) is 0 Å². The highest BCUT2D eigenvalue weighted by Crippen LogP contribution is 2.35. The monoisotopic (exact) mass is 440 g/mol. The van der Waals surface area contributed by atoms with E-state index in [0.717, 1.165) is 30.3 Å². The molecule has 2 aromatic rings. The van der Waals surface area contributed by atoms with Crippen LogP contribution in [0.3, 0.4) is 0 Å². The Morgan fingerprint density at radius 2 is 1.59 bits per heavy atom. The Labute approximate surface area is 162 Å². The lowest BCUT2D eigenvalue weighted by Crippen LogP contribution is -2.37. The number of carbonyl (C=O) groups is 1. The average molecular weight is 440 g/mol. The number of hydrogen-bond acceptors (Lipinski definition) is 3. The molecule has 0 saturated heterocycles. The number of sulfonamides is 1. The van der Waals surface area contributed by atoms with E-state index in [1.165, 1.54) is 6.07 Å². The molecule has 2 aromatic carbocycles. The lowest BCUT2D eigenvalue weighted by atomic mass is 10.1. The summed E-state index contributed by atoms with van der Waals surface area (Å²) in [7, 11) is -4.22. The molecule has 0 heterocycles. The SMILES string of the molecule is CS(=O)(=O)N(CC(=O)Nc1ccccc1C(F)(F)F)c1cccc(C(F)(F)F)c1. The van der Waals surface area contributed by atoms with Crippen molar-refractivity contribution in [2.24, 2.45) is 0 Å². The highest BCUT2D eigenvalue weighted by Gasteiger charge is 2.34. The van der Waals surface area contributed by atoms with Crippen LogP contribution in [-0.2, 0) is 27.2 Å². The fraction of sp³-hybridized carbons (Fsp3) is 0.235. The van der Waals surface area contributed by atoms with Gasteiger partial charge in [-0.05, 0) is 30.3 Å². The Kier molecular flexibility index (Phi) is 6.16. The molecule has 2 rings (SSSR count). The summed E-state index contributed by atoms with van der Waals surface area (Å²) in [5.41, 5.74) is -3.37. The van der Waals surface area contributed by atoms with Gasteiger partial charge in [0.15, 0.2) is 0 Å². The zero-order valence-electron chi connectivity index (χ0n) is 14.7. The van der Waals surface area contributed by atoms with E-state index in [4.69, 9.17) is 0 Å². The van der Waals surface area contributed by atoms with Gasteiger partial charge < -0.3 is 5.32 Å². The third-order valence-corrected chi connectivity index (χ3v) is 4.80. The number of nitrogens with zero attached hydrogens (tertiary/aromatic N) is 1. The molecule has 0 aliphatic heterocycles. The molecule has 12 heteroatoms. The molecule has 0 aromatic heterocycles. The second kappa shape index (κ2) is 7.93. The fourth-order valence-corrected chi connectivity index (χ4v) is 3.25. The smallest absolute Gasteiger partial charge is 0.324 e. The van der Waals surface area contributed by atoms with Gasteiger partial charge in [-0.3, -0.25) is 9.10 Å². The number of hydrogen-bond donors (Lipinski definition) is 1. The summed E-state index contributed by atoms with van der Waals surface area (Å²) in [6, 6.07) is 7.24. The Morgan fingerprint density at radius 3 is 2.14 bits per heavy atom. The molecule has 0 fully saturated rings. The van der Waals surface area contributed by atoms with Crippen LogP contribution in [0.25, 0.3) is 0 Å². The van der Waals surface area contributed by atoms with Gasteiger partial charge in [-0.1, -0.05) is 18.2 Å². The van der Waals surface area contributed by atoms with Crippen LogP contribution in [0.1, 0.15) is 11.1 Å². The van der Waals surface area contributed by atoms with Gasteiger partial charge in [0.1, 0.15) is 6.54 Å². The number of amides is 1. The van der Waals surface area contributed by atoms with Gasteiger partial charge in [0.05, 0.1) is 28.8 Å². The highest BCUT2D eigenvalue weighted by atomic mass is 32.2. The molecule has 5 nitrogen and oxygen atoms in total. The van der Waals surface area contributed by atoms with E-state index in [9.17, 15) is 39.6 Å². The molecule has 0 atom stereocenters. The van der Waals surface area contributed by atoms with Gasteiger partial charge in [-0.2, -0.15) is 26.3 Å². The molecule has 0 spiro atoms. The maximum atomic E-state index is 13.0. The Bertz CT molecular complexity index is 1000. The number of benzene rings is 2. The van der Waals surface area contributed by atoms with E-state index < -0.39 is 57.3 Å². The summed E-state index contributed by atoms with van der Waals surface area (Å²) >= 11 is 0. The molecule has 0 aliphatic carbocycles. The predicted molar refractivity (Wildman–Crippen MR) is 93.7 cm³/mol. The number of alkyl halides is 6. The first-order valence-corrected chi connectivity index (χ1v) is 9.65. The second-order valence-electron chi connectivity index (χ2n) is 5.91. The number of nitrogens with one attached hydrogen (secondary N) is 1. The summed E-state index contributed by atoms with van der Waals surface area (Å²) in [6.45, 7) is -1.02. The predicted octanol–water partition coefficient (Wildman–Crippen LogP) is 4.13. The van der Waals surface area contributed by atoms with E-state index in [-0.39, 0.29) is 0 Å². The Hall–Kier alpha value is -2.76. The molecule has 0 aliphatic rings. The van der Waals surface area contributed by atoms with Crippen molar-refractivity contribution >= 4 is 27.3 Å². The van der Waals surface area contributed by atoms with E-state index >= 15 is 0 Å². The van der Waals surface area contributed by atoms with Crippen molar-refractivity contribution in [3.05, 3.63) is 59.7 Å². The zero-order valence-corrected chi connectivity index (χ0v) is 15.5. The molecule has 1 N–H and O–H groups in total. The third-order valence-electron chi connectivity index (χ3n) is 3.66. The third kappa shape index (κ3) is 5.86. The van der Waals surface area contributed by atoms with Gasteiger partial charge >= 0.3 is 12.4 Å². The first-order chi connectivity index (χ1) is 13.2. The van der Waals surface area contributed by atoms with Crippen molar-refractivity contribution in [3.8, 4) is 0 Å². The van der Waals surface area contributed by atoms with Crippen LogP contribution in [0, 0.1) is 0 Å². The molecule has 0 bridgehead atoms. The number of para-hydroxylation sites is 1. The van der Waals surface area contributed by atoms with Crippen LogP contribution in [0.15, 0.2) is 48.5 Å². The largest absolute Gasteiger partial charge is 0.418 e. The minimum atomic E-state index is -4.78. The first-order valence-electron chi connectivity index (χ1n) is 7.80. The van der Waals surface area contributed by atoms with Crippen molar-refractivity contribution in [3.63, 3.8) is 0 Å². The molecule has 158 valence electrons. The zero-order chi connectivity index (χ0) is 22.0. The van der Waals surface area contributed by atoms with Crippen molar-refractivity contribution in [1.82, 2.24) is 0 Å². The molecule has 0 unspecified atom stereocenters. The number of carbonyl (C=O) groups excluding carboxylic acids is 1. The van der Waals surface area contributed by atoms with Crippen LogP contribution in [-0.4, -0.2) is 27.1 Å². The molecular weight excluding hydrogens is 426 g/mol. The average Bonchev–Trinajstić information content (AvgIpc) is 2.57. The maximum absolute atomic E-state index is 13.0. The summed E-state index contributed by atoms with van der Waals surface area (Å²) in [5, 5.41) is 1.95. The van der Waals surface area contributed by atoms with Gasteiger partial charge in [0.25, 0.3) is 0 Å². The summed E-state index contributed by atoms with van der Waals surface area (Å²) in [6.07, 6.45) is -8.88. The Balaban J connectivity index is 2.33. The molecule has 1 amide bonds. The lowest BCUT2D eigenvalue weighted by molar-refractivity contribution is -0.138. The van der Waals surface area contributed by atoms with E-state index in [1.54, 1.807) is 0 Å². The summed E-state index contributed by atoms with van der Waals surface area (Å²) < 4.78 is 102. The first kappa shape index (κ1) is 22.5.